The molecule has 1 atom stereocenters. The number of hydrogen-bond donors (Lipinski definition) is 1. The molecule has 0 saturated heterocycles. The van der Waals surface area contributed by atoms with Crippen molar-refractivity contribution in [1.82, 2.24) is 5.06 Å². The Kier molecular flexibility index (Phi) is 5.94. The van der Waals surface area contributed by atoms with Gasteiger partial charge in [-0.3, -0.25) is 9.63 Å². The summed E-state index contributed by atoms with van der Waals surface area (Å²) in [4.78, 5) is 26.9. The molecule has 1 amide bonds. The molecular weight excluding hydrogens is 218 g/mol. The van der Waals surface area contributed by atoms with Crippen molar-refractivity contribution >= 4 is 11.9 Å². The molecule has 0 aliphatic rings. The molecule has 0 aromatic heterocycles. The maximum absolute atomic E-state index is 11.7. The molecule has 1 unspecified atom stereocenters. The number of carbonyl (C=O) groups excluding carboxylic acids is 1. The van der Waals surface area contributed by atoms with Gasteiger partial charge >= 0.3 is 17.7 Å². The van der Waals surface area contributed by atoms with E-state index >= 15 is 0 Å². The van der Waals surface area contributed by atoms with E-state index in [9.17, 15) is 14.7 Å². The highest BCUT2D eigenvalue weighted by atomic mass is 16.7. The number of hydrogen-bond acceptors (Lipinski definition) is 4. The van der Waals surface area contributed by atoms with Crippen molar-refractivity contribution in [3.63, 3.8) is 0 Å². The van der Waals surface area contributed by atoms with E-state index in [4.69, 9.17) is 5.11 Å². The zero-order chi connectivity index (χ0) is 12.8. The van der Waals surface area contributed by atoms with E-state index in [2.05, 4.69) is 9.57 Å². The average Bonchev–Trinajstić information content (AvgIpc) is 2.27. The highest BCUT2D eigenvalue weighted by Crippen LogP contribution is 2.14. The van der Waals surface area contributed by atoms with Gasteiger partial charge in [0.25, 0.3) is 0 Å². The highest BCUT2D eigenvalue weighted by molar-refractivity contribution is 6.02. The van der Waals surface area contributed by atoms with Crippen LogP contribution in [0.15, 0.2) is 0 Å². The smallest absolute Gasteiger partial charge is 0.381 e. The molecular formula is C9H16NO6. The molecule has 0 saturated carbocycles. The summed E-state index contributed by atoms with van der Waals surface area (Å²) in [6.45, 7) is 3.19. The van der Waals surface area contributed by atoms with Crippen molar-refractivity contribution < 1.29 is 29.4 Å². The van der Waals surface area contributed by atoms with Crippen molar-refractivity contribution in [2.45, 2.75) is 26.1 Å². The van der Waals surface area contributed by atoms with Crippen molar-refractivity contribution in [3.05, 3.63) is 0 Å². The van der Waals surface area contributed by atoms with Crippen LogP contribution in [-0.2, 0) is 24.3 Å². The second kappa shape index (κ2) is 6.41. The summed E-state index contributed by atoms with van der Waals surface area (Å²) >= 11 is 0. The lowest BCUT2D eigenvalue weighted by atomic mass is 10.2. The Hall–Kier alpha value is -1.18. The zero-order valence-electron chi connectivity index (χ0n) is 9.56. The van der Waals surface area contributed by atoms with Crippen molar-refractivity contribution in [2.24, 2.45) is 0 Å². The molecule has 1 radical (unpaired) electrons. The lowest BCUT2D eigenvalue weighted by Gasteiger charge is -2.25. The lowest BCUT2D eigenvalue weighted by Crippen LogP contribution is -2.55. The number of likely N-dealkylation sites (N-methyl/N-ethyl adjacent to an activating group) is 1. The van der Waals surface area contributed by atoms with Gasteiger partial charge in [0.15, 0.2) is 0 Å². The largest absolute Gasteiger partial charge is 0.477 e. The van der Waals surface area contributed by atoms with Crippen LogP contribution in [0.1, 0.15) is 20.3 Å². The molecule has 7 nitrogen and oxygen atoms in total. The van der Waals surface area contributed by atoms with Crippen LogP contribution < -0.4 is 0 Å². The number of nitrogens with zero attached hydrogens (tertiary/aromatic N) is 1. The minimum absolute atomic E-state index is 0.0576. The van der Waals surface area contributed by atoms with Gasteiger partial charge in [-0.2, -0.15) is 5.11 Å². The van der Waals surface area contributed by atoms with Crippen LogP contribution in [0.25, 0.3) is 0 Å². The van der Waals surface area contributed by atoms with Crippen LogP contribution in [-0.4, -0.2) is 48.1 Å². The van der Waals surface area contributed by atoms with Gasteiger partial charge in [-0.05, 0) is 13.3 Å². The first-order valence-electron chi connectivity index (χ1n) is 4.87. The summed E-state index contributed by atoms with van der Waals surface area (Å²) in [5.41, 5.74) is 0. The number of hydroxylamine groups is 2. The van der Waals surface area contributed by atoms with Gasteiger partial charge in [0, 0.05) is 6.54 Å². The predicted octanol–water partition coefficient (Wildman–Crippen LogP) is 0.0343. The quantitative estimate of drug-likeness (QED) is 0.381. The van der Waals surface area contributed by atoms with E-state index in [0.29, 0.717) is 11.5 Å². The third-order valence-corrected chi connectivity index (χ3v) is 1.81. The molecule has 1 N–H and O–H groups in total. The van der Waals surface area contributed by atoms with Crippen LogP contribution in [0.2, 0.25) is 0 Å². The molecule has 0 rings (SSSR count). The molecule has 0 aromatic rings. The average molecular weight is 234 g/mol. The van der Waals surface area contributed by atoms with Crippen LogP contribution in [0.4, 0.5) is 0 Å². The van der Waals surface area contributed by atoms with Crippen molar-refractivity contribution in [1.29, 1.82) is 0 Å². The third kappa shape index (κ3) is 3.16. The minimum atomic E-state index is -3.14. The number of rotatable bonds is 7. The maximum atomic E-state index is 11.7. The molecule has 0 aromatic carbocycles. The Morgan fingerprint density at radius 1 is 1.38 bits per heavy atom. The van der Waals surface area contributed by atoms with E-state index in [-0.39, 0.29) is 13.2 Å². The molecule has 7 heteroatoms. The number of carboxylic acids is 1. The van der Waals surface area contributed by atoms with Gasteiger partial charge in [0.2, 0.25) is 0 Å². The summed E-state index contributed by atoms with van der Waals surface area (Å²) in [6.07, 6.45) is 0.434. The van der Waals surface area contributed by atoms with Gasteiger partial charge in [0.05, 0.1) is 13.7 Å². The standard InChI is InChI=1S/C9H16NO6/c1-4-6-16-9(14,8(12)13)7(11)10(5-2)15-3/h4-6H2,1-3H3,(H,12,13). The molecule has 0 spiro atoms. The third-order valence-electron chi connectivity index (χ3n) is 1.81. The number of amides is 1. The normalized spacial score (nSPS) is 14.2. The van der Waals surface area contributed by atoms with Crippen LogP contribution in [0.5, 0.6) is 0 Å². The summed E-state index contributed by atoms with van der Waals surface area (Å²) in [7, 11) is 1.17. The predicted molar refractivity (Wildman–Crippen MR) is 51.7 cm³/mol. The van der Waals surface area contributed by atoms with Crippen LogP contribution in [0.3, 0.4) is 0 Å². The number of ether oxygens (including phenoxy) is 1. The van der Waals surface area contributed by atoms with Gasteiger partial charge in [-0.25, -0.2) is 9.86 Å². The van der Waals surface area contributed by atoms with E-state index in [1.165, 1.54) is 7.11 Å². The Bertz CT molecular complexity index is 252. The first kappa shape index (κ1) is 14.8. The fourth-order valence-electron chi connectivity index (χ4n) is 0.981. The summed E-state index contributed by atoms with van der Waals surface area (Å²) < 4.78 is 4.56. The van der Waals surface area contributed by atoms with Crippen molar-refractivity contribution in [3.8, 4) is 0 Å². The van der Waals surface area contributed by atoms with Crippen molar-refractivity contribution in [2.75, 3.05) is 20.3 Å². The van der Waals surface area contributed by atoms with Gasteiger partial charge in [0.1, 0.15) is 0 Å². The summed E-state index contributed by atoms with van der Waals surface area (Å²) in [6, 6.07) is 0. The van der Waals surface area contributed by atoms with Crippen LogP contribution in [0, 0.1) is 0 Å². The fourth-order valence-corrected chi connectivity index (χ4v) is 0.981. The molecule has 0 aliphatic heterocycles. The van der Waals surface area contributed by atoms with Gasteiger partial charge < -0.3 is 9.84 Å². The summed E-state index contributed by atoms with van der Waals surface area (Å²) in [5.74, 6) is -6.28. The van der Waals surface area contributed by atoms with Gasteiger partial charge in [-0.1, -0.05) is 6.92 Å². The monoisotopic (exact) mass is 234 g/mol. The number of aliphatic carboxylic acids is 1. The first-order chi connectivity index (χ1) is 7.43. The first-order valence-corrected chi connectivity index (χ1v) is 4.87. The Balaban J connectivity index is 4.88. The van der Waals surface area contributed by atoms with E-state index < -0.39 is 17.7 Å². The molecule has 0 aliphatic carbocycles. The molecule has 0 fully saturated rings. The topological polar surface area (TPSA) is 96.0 Å². The molecule has 93 valence electrons. The Morgan fingerprint density at radius 2 is 1.94 bits per heavy atom. The Morgan fingerprint density at radius 3 is 2.25 bits per heavy atom. The number of carbonyl (C=O) groups is 2. The molecule has 0 bridgehead atoms. The summed E-state index contributed by atoms with van der Waals surface area (Å²) in [5, 5.41) is 21.1. The Labute approximate surface area is 93.5 Å². The number of carboxylic acid groups (broad SMARTS) is 1. The van der Waals surface area contributed by atoms with Gasteiger partial charge in [-0.15, -0.1) is 0 Å². The van der Waals surface area contributed by atoms with E-state index in [1.54, 1.807) is 13.8 Å². The SMILES string of the molecule is CCCOC([O])(C(=O)O)C(=O)N(CC)OC. The zero-order valence-corrected chi connectivity index (χ0v) is 9.56. The second-order valence-corrected chi connectivity index (χ2v) is 2.95. The minimum Gasteiger partial charge on any atom is -0.477 e. The lowest BCUT2D eigenvalue weighted by molar-refractivity contribution is -0.262. The maximum Gasteiger partial charge on any atom is 0.381 e. The fraction of sp³-hybridized carbons (Fsp3) is 0.778. The molecule has 0 heterocycles. The van der Waals surface area contributed by atoms with E-state index in [0.717, 1.165) is 0 Å². The van der Waals surface area contributed by atoms with Crippen LogP contribution >= 0.6 is 0 Å². The highest BCUT2D eigenvalue weighted by Gasteiger charge is 2.51. The van der Waals surface area contributed by atoms with E-state index in [1.807, 2.05) is 0 Å². The second-order valence-electron chi connectivity index (χ2n) is 2.95. The molecule has 16 heavy (non-hydrogen) atoms.